The summed E-state index contributed by atoms with van der Waals surface area (Å²) < 4.78 is 5.53. The van der Waals surface area contributed by atoms with E-state index in [0.717, 1.165) is 27.7 Å². The first-order valence-electron chi connectivity index (χ1n) is 5.26. The first-order valence-corrected chi connectivity index (χ1v) is 5.26. The van der Waals surface area contributed by atoms with Gasteiger partial charge >= 0.3 is 0 Å². The molecule has 2 rings (SSSR count). The van der Waals surface area contributed by atoms with Gasteiger partial charge in [0.2, 0.25) is 5.91 Å². The van der Waals surface area contributed by atoms with Gasteiger partial charge in [-0.1, -0.05) is 6.07 Å². The van der Waals surface area contributed by atoms with Crippen molar-refractivity contribution in [3.8, 4) is 0 Å². The summed E-state index contributed by atoms with van der Waals surface area (Å²) in [6, 6.07) is 2.11. The molecule has 16 heavy (non-hydrogen) atoms. The fraction of sp³-hybridized carbons (Fsp3) is 0.308. The number of amides is 1. The van der Waals surface area contributed by atoms with Crippen molar-refractivity contribution in [2.45, 2.75) is 27.2 Å². The lowest BCUT2D eigenvalue weighted by atomic mass is 9.99. The van der Waals surface area contributed by atoms with Gasteiger partial charge < -0.3 is 10.2 Å². The first kappa shape index (κ1) is 10.7. The zero-order valence-electron chi connectivity index (χ0n) is 9.76. The van der Waals surface area contributed by atoms with Crippen molar-refractivity contribution < 1.29 is 9.21 Å². The zero-order chi connectivity index (χ0) is 11.9. The maximum absolute atomic E-state index is 11.0. The second-order valence-electron chi connectivity index (χ2n) is 4.24. The van der Waals surface area contributed by atoms with Gasteiger partial charge in [-0.2, -0.15) is 0 Å². The number of carbonyl (C=O) groups is 1. The minimum absolute atomic E-state index is 0.232. The molecule has 1 aromatic heterocycles. The Labute approximate surface area is 94.2 Å². The van der Waals surface area contributed by atoms with E-state index in [-0.39, 0.29) is 12.3 Å². The van der Waals surface area contributed by atoms with E-state index in [1.807, 2.05) is 13.8 Å². The highest BCUT2D eigenvalue weighted by Gasteiger charge is 2.13. The van der Waals surface area contributed by atoms with Gasteiger partial charge in [-0.15, -0.1) is 0 Å². The van der Waals surface area contributed by atoms with Crippen molar-refractivity contribution in [2.75, 3.05) is 0 Å². The van der Waals surface area contributed by atoms with Crippen LogP contribution in [0.2, 0.25) is 0 Å². The number of hydrogen-bond donors (Lipinski definition) is 1. The molecule has 3 nitrogen and oxygen atoms in total. The molecule has 3 heteroatoms. The van der Waals surface area contributed by atoms with Crippen LogP contribution in [0.25, 0.3) is 11.0 Å². The van der Waals surface area contributed by atoms with Gasteiger partial charge in [0.1, 0.15) is 5.58 Å². The normalized spacial score (nSPS) is 10.9. The number of carbonyl (C=O) groups excluding carboxylic acids is 1. The third-order valence-electron chi connectivity index (χ3n) is 2.99. The monoisotopic (exact) mass is 217 g/mol. The average Bonchev–Trinajstić information content (AvgIpc) is 2.58. The lowest BCUT2D eigenvalue weighted by Crippen LogP contribution is -2.13. The van der Waals surface area contributed by atoms with Crippen molar-refractivity contribution in [1.82, 2.24) is 0 Å². The molecule has 84 valence electrons. The molecule has 0 saturated heterocycles. The lowest BCUT2D eigenvalue weighted by Gasteiger charge is -2.05. The number of hydrogen-bond acceptors (Lipinski definition) is 2. The first-order chi connectivity index (χ1) is 7.50. The molecule has 0 aliphatic rings. The van der Waals surface area contributed by atoms with E-state index >= 15 is 0 Å². The van der Waals surface area contributed by atoms with Crippen LogP contribution in [0.3, 0.4) is 0 Å². The van der Waals surface area contributed by atoms with Crippen LogP contribution in [0, 0.1) is 20.8 Å². The smallest absolute Gasteiger partial charge is 0.221 e. The third kappa shape index (κ3) is 1.58. The molecule has 2 aromatic rings. The van der Waals surface area contributed by atoms with Gasteiger partial charge in [-0.25, -0.2) is 0 Å². The van der Waals surface area contributed by atoms with Gasteiger partial charge in [-0.3, -0.25) is 4.79 Å². The summed E-state index contributed by atoms with van der Waals surface area (Å²) in [4.78, 5) is 11.0. The third-order valence-corrected chi connectivity index (χ3v) is 2.99. The summed E-state index contributed by atoms with van der Waals surface area (Å²) in [6.07, 6.45) is 1.87. The number of benzene rings is 1. The van der Waals surface area contributed by atoms with Gasteiger partial charge in [0, 0.05) is 10.9 Å². The van der Waals surface area contributed by atoms with Crippen molar-refractivity contribution in [2.24, 2.45) is 5.73 Å². The second-order valence-corrected chi connectivity index (χ2v) is 4.24. The highest BCUT2D eigenvalue weighted by Crippen LogP contribution is 2.29. The highest BCUT2D eigenvalue weighted by atomic mass is 16.3. The van der Waals surface area contributed by atoms with Crippen molar-refractivity contribution in [3.63, 3.8) is 0 Å². The fourth-order valence-electron chi connectivity index (χ4n) is 2.10. The summed E-state index contributed by atoms with van der Waals surface area (Å²) in [5.74, 6) is -0.333. The Morgan fingerprint density at radius 1 is 1.31 bits per heavy atom. The number of furan rings is 1. The average molecular weight is 217 g/mol. The number of primary amides is 1. The standard InChI is InChI=1S/C13H15NO2/c1-7-4-8(2)12-10(5-11(14)15)6-16-13(12)9(7)3/h4,6H,5H2,1-3H3,(H2,14,15). The van der Waals surface area contributed by atoms with Gasteiger partial charge in [0.25, 0.3) is 0 Å². The van der Waals surface area contributed by atoms with Crippen LogP contribution in [0.1, 0.15) is 22.3 Å². The molecule has 1 amide bonds. The van der Waals surface area contributed by atoms with Crippen LogP contribution in [0.15, 0.2) is 16.7 Å². The van der Waals surface area contributed by atoms with E-state index in [2.05, 4.69) is 13.0 Å². The van der Waals surface area contributed by atoms with Crippen LogP contribution in [0.5, 0.6) is 0 Å². The zero-order valence-corrected chi connectivity index (χ0v) is 9.76. The molecule has 0 saturated carbocycles. The Morgan fingerprint density at radius 2 is 2.00 bits per heavy atom. The Bertz CT molecular complexity index is 567. The molecule has 0 aliphatic carbocycles. The maximum atomic E-state index is 11.0. The summed E-state index contributed by atoms with van der Waals surface area (Å²) in [6.45, 7) is 6.10. The van der Waals surface area contributed by atoms with E-state index in [4.69, 9.17) is 10.2 Å². The predicted molar refractivity (Wildman–Crippen MR) is 63.3 cm³/mol. The van der Waals surface area contributed by atoms with Gasteiger partial charge in [-0.05, 0) is 37.5 Å². The second kappa shape index (κ2) is 3.67. The molecular formula is C13H15NO2. The summed E-state index contributed by atoms with van der Waals surface area (Å²) in [5.41, 5.74) is 10.4. The van der Waals surface area contributed by atoms with E-state index in [1.54, 1.807) is 6.26 Å². The Hall–Kier alpha value is -1.77. The number of rotatable bonds is 2. The van der Waals surface area contributed by atoms with Crippen LogP contribution < -0.4 is 5.73 Å². The minimum Gasteiger partial charge on any atom is -0.464 e. The topological polar surface area (TPSA) is 56.2 Å². The fourth-order valence-corrected chi connectivity index (χ4v) is 2.10. The molecule has 0 unspecified atom stereocenters. The molecule has 0 radical (unpaired) electrons. The van der Waals surface area contributed by atoms with Crippen LogP contribution in [-0.4, -0.2) is 5.91 Å². The van der Waals surface area contributed by atoms with Gasteiger partial charge in [0.05, 0.1) is 12.7 Å². The molecule has 0 bridgehead atoms. The van der Waals surface area contributed by atoms with Crippen LogP contribution in [-0.2, 0) is 11.2 Å². The van der Waals surface area contributed by atoms with Crippen molar-refractivity contribution in [1.29, 1.82) is 0 Å². The molecule has 1 aromatic carbocycles. The van der Waals surface area contributed by atoms with E-state index in [1.165, 1.54) is 5.56 Å². The number of aryl methyl sites for hydroxylation is 3. The Balaban J connectivity index is 2.72. The van der Waals surface area contributed by atoms with Crippen molar-refractivity contribution >= 4 is 16.9 Å². The van der Waals surface area contributed by atoms with Crippen LogP contribution >= 0.6 is 0 Å². The van der Waals surface area contributed by atoms with E-state index in [9.17, 15) is 4.79 Å². The lowest BCUT2D eigenvalue weighted by molar-refractivity contribution is -0.117. The minimum atomic E-state index is -0.333. The SMILES string of the molecule is Cc1cc(C)c2c(CC(N)=O)coc2c1C. The molecule has 0 spiro atoms. The Morgan fingerprint density at radius 3 is 2.62 bits per heavy atom. The van der Waals surface area contributed by atoms with Gasteiger partial charge in [0.15, 0.2) is 0 Å². The summed E-state index contributed by atoms with van der Waals surface area (Å²) in [5, 5.41) is 1.03. The quantitative estimate of drug-likeness (QED) is 0.839. The van der Waals surface area contributed by atoms with E-state index in [0.29, 0.717) is 0 Å². The molecule has 0 fully saturated rings. The van der Waals surface area contributed by atoms with Crippen molar-refractivity contribution in [3.05, 3.63) is 34.6 Å². The molecular weight excluding hydrogens is 202 g/mol. The van der Waals surface area contributed by atoms with Crippen LogP contribution in [0.4, 0.5) is 0 Å². The number of nitrogens with two attached hydrogens (primary N) is 1. The molecule has 2 N–H and O–H groups in total. The molecule has 0 aliphatic heterocycles. The summed E-state index contributed by atoms with van der Waals surface area (Å²) >= 11 is 0. The predicted octanol–water partition coefficient (Wildman–Crippen LogP) is 2.39. The Kier molecular flexibility index (Phi) is 2.46. The largest absolute Gasteiger partial charge is 0.464 e. The number of fused-ring (bicyclic) bond motifs is 1. The van der Waals surface area contributed by atoms with E-state index < -0.39 is 0 Å². The highest BCUT2D eigenvalue weighted by molar-refractivity contribution is 5.91. The molecule has 1 heterocycles. The summed E-state index contributed by atoms with van der Waals surface area (Å²) in [7, 11) is 0. The maximum Gasteiger partial charge on any atom is 0.221 e. The molecule has 0 atom stereocenters.